The van der Waals surface area contributed by atoms with Gasteiger partial charge in [0.2, 0.25) is 0 Å². The molecule has 2 fully saturated rings. The highest BCUT2D eigenvalue weighted by atomic mass is 32.1. The minimum Gasteiger partial charge on any atom is -0.481 e. The van der Waals surface area contributed by atoms with E-state index in [9.17, 15) is 19.1 Å². The van der Waals surface area contributed by atoms with Gasteiger partial charge in [-0.2, -0.15) is 0 Å². The molecular weight excluding hydrogens is 583 g/mol. The largest absolute Gasteiger partial charge is 0.481 e. The first-order valence-corrected chi connectivity index (χ1v) is 15.0. The number of nitrogens with zero attached hydrogens (tertiary/aromatic N) is 4. The van der Waals surface area contributed by atoms with Crippen molar-refractivity contribution in [1.82, 2.24) is 20.1 Å². The first-order valence-electron chi connectivity index (χ1n) is 15.1. The molecule has 0 spiro atoms. The normalized spacial score (nSPS) is 25.1. The molecule has 0 amide bonds. The van der Waals surface area contributed by atoms with Crippen LogP contribution in [-0.2, 0) is 14.3 Å². The molecule has 9 nitrogen and oxygen atoms in total. The van der Waals surface area contributed by atoms with Gasteiger partial charge >= 0.3 is 11.9 Å². The van der Waals surface area contributed by atoms with Gasteiger partial charge in [0.1, 0.15) is 11.9 Å². The smallest absolute Gasteiger partial charge is 0.338 e. The van der Waals surface area contributed by atoms with Gasteiger partial charge in [-0.25, -0.2) is 22.9 Å². The van der Waals surface area contributed by atoms with Crippen LogP contribution < -0.4 is 5.32 Å². The Balaban J connectivity index is 1.52. The molecule has 13 heteroatoms. The quantitative estimate of drug-likeness (QED) is 0.377. The summed E-state index contributed by atoms with van der Waals surface area (Å²) < 4.78 is 68.6. The first kappa shape index (κ1) is 28.5. The molecule has 2 saturated heterocycles. The van der Waals surface area contributed by atoms with Gasteiger partial charge in [-0.05, 0) is 64.2 Å². The maximum Gasteiger partial charge on any atom is 0.338 e. The molecule has 1 aromatic heterocycles. The summed E-state index contributed by atoms with van der Waals surface area (Å²) in [5, 5.41) is 15.0. The van der Waals surface area contributed by atoms with Gasteiger partial charge in [0.05, 0.1) is 30.2 Å². The highest BCUT2D eigenvalue weighted by Gasteiger charge is 2.59. The van der Waals surface area contributed by atoms with Crippen LogP contribution in [0.1, 0.15) is 58.5 Å². The lowest BCUT2D eigenvalue weighted by molar-refractivity contribution is -0.147. The van der Waals surface area contributed by atoms with Crippen LogP contribution in [0.3, 0.4) is 0 Å². The lowest BCUT2D eigenvalue weighted by atomic mass is 9.89. The third-order valence-electron chi connectivity index (χ3n) is 8.27. The Morgan fingerprint density at radius 3 is 2.77 bits per heavy atom. The van der Waals surface area contributed by atoms with Crippen LogP contribution in [0.5, 0.6) is 0 Å². The molecule has 232 valence electrons. The van der Waals surface area contributed by atoms with Gasteiger partial charge in [0.25, 0.3) is 5.92 Å². The molecule has 0 unspecified atom stereocenters. The Labute approximate surface area is 255 Å². The van der Waals surface area contributed by atoms with Gasteiger partial charge in [0, 0.05) is 39.1 Å². The van der Waals surface area contributed by atoms with Crippen molar-refractivity contribution < 1.29 is 35.3 Å². The summed E-state index contributed by atoms with van der Waals surface area (Å²) in [5.41, 5.74) is -0.747. The summed E-state index contributed by atoms with van der Waals surface area (Å²) >= 11 is 1.29. The third kappa shape index (κ3) is 6.07. The Morgan fingerprint density at radius 1 is 1.33 bits per heavy atom. The van der Waals surface area contributed by atoms with Crippen molar-refractivity contribution in [1.29, 1.82) is 0 Å². The van der Waals surface area contributed by atoms with Gasteiger partial charge in [-0.3, -0.25) is 19.6 Å². The van der Waals surface area contributed by atoms with Crippen LogP contribution >= 0.6 is 11.3 Å². The van der Waals surface area contributed by atoms with E-state index >= 15 is 8.78 Å². The van der Waals surface area contributed by atoms with E-state index in [0.29, 0.717) is 16.4 Å². The lowest BCUT2D eigenvalue weighted by Gasteiger charge is -2.31. The number of carboxylic acid groups (broad SMARTS) is 1. The number of alkyl halides is 2. The van der Waals surface area contributed by atoms with Crippen LogP contribution in [0.2, 0.25) is 0 Å². The molecule has 0 aliphatic carbocycles. The van der Waals surface area contributed by atoms with Crippen molar-refractivity contribution in [3.05, 3.63) is 63.0 Å². The topological polar surface area (TPSA) is 107 Å². The minimum atomic E-state index is -3.26. The summed E-state index contributed by atoms with van der Waals surface area (Å²) in [4.78, 5) is 37.3. The second-order valence-electron chi connectivity index (χ2n) is 11.5. The Morgan fingerprint density at radius 2 is 2.09 bits per heavy atom. The molecule has 0 bridgehead atoms. The fraction of sp³-hybridized carbons (Fsp3) is 0.533. The summed E-state index contributed by atoms with van der Waals surface area (Å²) in [6.45, 7) is 4.64. The second kappa shape index (κ2) is 12.0. The number of rotatable bonds is 10. The Hall–Kier alpha value is -3.29. The predicted octanol–water partition coefficient (Wildman–Crippen LogP) is 4.39. The van der Waals surface area contributed by atoms with Crippen molar-refractivity contribution in [2.75, 3.05) is 32.8 Å². The number of hydrogen-bond acceptors (Lipinski definition) is 9. The number of carboxylic acids is 1. The molecule has 3 atom stereocenters. The number of fused-ring (bicyclic) bond motifs is 1. The van der Waals surface area contributed by atoms with E-state index in [1.807, 2.05) is 0 Å². The number of benzene rings is 1. The molecule has 2 N–H and O–H groups in total. The van der Waals surface area contributed by atoms with E-state index in [1.54, 1.807) is 36.4 Å². The van der Waals surface area contributed by atoms with Crippen LogP contribution in [-0.4, -0.2) is 88.5 Å². The number of aliphatic imine (C=N–C) groups is 1. The second-order valence-corrected chi connectivity index (χ2v) is 12.3. The van der Waals surface area contributed by atoms with Crippen molar-refractivity contribution >= 4 is 29.1 Å². The predicted molar refractivity (Wildman–Crippen MR) is 156 cm³/mol. The zero-order valence-corrected chi connectivity index (χ0v) is 25.2. The van der Waals surface area contributed by atoms with E-state index in [1.165, 1.54) is 42.2 Å². The van der Waals surface area contributed by atoms with E-state index in [-0.39, 0.29) is 43.0 Å². The summed E-state index contributed by atoms with van der Waals surface area (Å²) in [6.07, 6.45) is -0.428. The number of thiazole rings is 1. The Bertz CT molecular complexity index is 1540. The molecule has 0 saturated carbocycles. The van der Waals surface area contributed by atoms with Crippen LogP contribution in [0.25, 0.3) is 0 Å². The number of esters is 1. The van der Waals surface area contributed by atoms with Crippen molar-refractivity contribution in [3.63, 3.8) is 0 Å². The van der Waals surface area contributed by atoms with Gasteiger partial charge < -0.3 is 15.2 Å². The fourth-order valence-corrected chi connectivity index (χ4v) is 6.53. The van der Waals surface area contributed by atoms with E-state index in [2.05, 4.69) is 10.3 Å². The van der Waals surface area contributed by atoms with E-state index in [0.717, 1.165) is 0 Å². The number of ether oxygens (including phenoxy) is 1. The summed E-state index contributed by atoms with van der Waals surface area (Å²) in [6, 6.07) is 1.41. The highest BCUT2D eigenvalue weighted by Crippen LogP contribution is 2.43. The lowest BCUT2D eigenvalue weighted by Crippen LogP contribution is -2.46. The maximum absolute atomic E-state index is 15.8. The van der Waals surface area contributed by atoms with Gasteiger partial charge in [0.15, 0.2) is 10.8 Å². The van der Waals surface area contributed by atoms with Gasteiger partial charge in [-0.15, -0.1) is 11.3 Å². The third-order valence-corrected chi connectivity index (χ3v) is 9.05. The number of hydrogen-bond donors (Lipinski definition) is 2. The van der Waals surface area contributed by atoms with Crippen molar-refractivity contribution in [2.45, 2.75) is 64.5 Å². The highest BCUT2D eigenvalue weighted by molar-refractivity contribution is 7.11. The molecule has 3 aliphatic heterocycles. The number of carbonyl (C=O) groups excluding carboxylic acids is 1. The number of amidine groups is 1. The molecule has 4 heterocycles. The first-order chi connectivity index (χ1) is 21.1. The zero-order chi connectivity index (χ0) is 32.9. The fourth-order valence-electron chi connectivity index (χ4n) is 5.94. The van der Waals surface area contributed by atoms with E-state index in [4.69, 9.17) is 12.5 Å². The molecule has 1 aromatic carbocycles. The molecule has 43 heavy (non-hydrogen) atoms. The van der Waals surface area contributed by atoms with Crippen molar-refractivity contribution in [2.24, 2.45) is 10.4 Å². The van der Waals surface area contributed by atoms with E-state index < -0.39 is 66.7 Å². The van der Waals surface area contributed by atoms with Gasteiger partial charge in [-0.1, -0.05) is 12.1 Å². The molecule has 5 rings (SSSR count). The SMILES string of the molecule is [2H]C([2H])(CN1CC[C@H]2[C@@H]1C(F)(F)CN2CC1=C(C(=O)OCC)[C@H](c2cccc(F)c2C)N=C(c2nccs2)N1)C(C)(C)C(=O)O. The van der Waals surface area contributed by atoms with Crippen LogP contribution in [0, 0.1) is 18.2 Å². The average molecular weight is 622 g/mol. The number of halogens is 3. The number of aromatic nitrogens is 1. The summed E-state index contributed by atoms with van der Waals surface area (Å²) in [5.74, 6) is -5.50. The number of likely N-dealkylation sites (tertiary alicyclic amines) is 2. The number of aliphatic carboxylic acids is 1. The van der Waals surface area contributed by atoms with Crippen LogP contribution in [0.4, 0.5) is 13.2 Å². The average Bonchev–Trinajstić information content (AvgIpc) is 3.69. The molecule has 0 radical (unpaired) electrons. The van der Waals surface area contributed by atoms with Crippen molar-refractivity contribution in [3.8, 4) is 0 Å². The number of nitrogens with one attached hydrogen (secondary N) is 1. The monoisotopic (exact) mass is 621 g/mol. The standard InChI is InChI=1S/C30H36F3N5O4S/c1-5-42-27(39)22-20(35-25(26-34-11-14-43-26)36-23(22)18-7-6-8-19(31)17(18)2)15-38-16-30(32,33)24-21(38)9-12-37(24)13-10-29(3,4)28(40)41/h6-8,11,14,21,23-24H,5,9-10,12-13,15-16H2,1-4H3,(H,35,36)(H,40,41)/t21-,23-,24+/m0/s1/i10D2. The minimum absolute atomic E-state index is 0.0453. The molecule has 3 aliphatic rings. The zero-order valence-electron chi connectivity index (χ0n) is 26.4. The van der Waals surface area contributed by atoms with Crippen LogP contribution in [0.15, 0.2) is 46.0 Å². The summed E-state index contributed by atoms with van der Waals surface area (Å²) in [7, 11) is 0. The Kier molecular flexibility index (Phi) is 7.95. The molecular formula is C30H36F3N5O4S. The number of carbonyl (C=O) groups is 2. The molecule has 2 aromatic rings. The maximum atomic E-state index is 15.8.